The summed E-state index contributed by atoms with van der Waals surface area (Å²) >= 11 is 0. The van der Waals surface area contributed by atoms with Crippen molar-refractivity contribution in [1.82, 2.24) is 10.6 Å². The Balaban J connectivity index is 1.41. The van der Waals surface area contributed by atoms with E-state index in [1.54, 1.807) is 0 Å². The summed E-state index contributed by atoms with van der Waals surface area (Å²) in [6.45, 7) is 3.42. The van der Waals surface area contributed by atoms with Crippen molar-refractivity contribution < 1.29 is 24.2 Å². The van der Waals surface area contributed by atoms with Gasteiger partial charge in [0, 0.05) is 12.3 Å². The largest absolute Gasteiger partial charge is 0.480 e. The summed E-state index contributed by atoms with van der Waals surface area (Å²) in [5.74, 6) is -1.39. The van der Waals surface area contributed by atoms with Gasteiger partial charge in [0.1, 0.15) is 12.6 Å². The zero-order valence-corrected chi connectivity index (χ0v) is 18.3. The monoisotopic (exact) mass is 436 g/mol. The number of alkyl carbamates (subject to hydrolysis) is 1. The van der Waals surface area contributed by atoms with Crippen LogP contribution < -0.4 is 10.6 Å². The maximum atomic E-state index is 12.7. The number of hydrogen-bond donors (Lipinski definition) is 3. The number of fused-ring (bicyclic) bond motifs is 3. The first-order chi connectivity index (χ1) is 15.3. The Hall–Kier alpha value is -3.35. The van der Waals surface area contributed by atoms with Crippen LogP contribution in [0.5, 0.6) is 0 Å². The smallest absolute Gasteiger partial charge is 0.407 e. The fourth-order valence-corrected chi connectivity index (χ4v) is 4.57. The standard InChI is InChI=1S/C25H28N2O5/c1-15(23(29)30)26-22(28)13-25(2,16-11-12-16)27-24(31)32-14-21-19-9-5-3-7-17(19)18-8-4-6-10-20(18)21/h3-10,15-16,21H,11-14H2,1-2H3,(H,26,28)(H,27,31)(H,29,30). The third-order valence-electron chi connectivity index (χ3n) is 6.49. The highest BCUT2D eigenvalue weighted by atomic mass is 16.5. The molecular weight excluding hydrogens is 408 g/mol. The summed E-state index contributed by atoms with van der Waals surface area (Å²) in [4.78, 5) is 36.1. The van der Waals surface area contributed by atoms with Crippen LogP contribution in [0, 0.1) is 5.92 Å². The van der Waals surface area contributed by atoms with Crippen LogP contribution >= 0.6 is 0 Å². The number of carboxylic acids is 1. The molecule has 3 N–H and O–H groups in total. The van der Waals surface area contributed by atoms with Gasteiger partial charge in [-0.25, -0.2) is 4.79 Å². The number of rotatable bonds is 8. The lowest BCUT2D eigenvalue weighted by atomic mass is 9.91. The van der Waals surface area contributed by atoms with E-state index in [4.69, 9.17) is 9.84 Å². The average Bonchev–Trinajstić information content (AvgIpc) is 3.56. The van der Waals surface area contributed by atoms with Gasteiger partial charge in [-0.3, -0.25) is 9.59 Å². The number of carbonyl (C=O) groups is 3. The number of carboxylic acid groups (broad SMARTS) is 1. The minimum absolute atomic E-state index is 0.000514. The molecule has 32 heavy (non-hydrogen) atoms. The van der Waals surface area contributed by atoms with Crippen molar-refractivity contribution in [2.24, 2.45) is 5.92 Å². The molecule has 2 aliphatic carbocycles. The molecule has 0 aliphatic heterocycles. The van der Waals surface area contributed by atoms with E-state index in [0.717, 1.165) is 35.1 Å². The molecule has 0 saturated heterocycles. The van der Waals surface area contributed by atoms with Crippen LogP contribution in [0.2, 0.25) is 0 Å². The summed E-state index contributed by atoms with van der Waals surface area (Å²) in [5, 5.41) is 14.4. The molecule has 0 spiro atoms. The van der Waals surface area contributed by atoms with Crippen molar-refractivity contribution in [2.75, 3.05) is 6.61 Å². The van der Waals surface area contributed by atoms with Crippen LogP contribution in [-0.4, -0.2) is 41.3 Å². The molecule has 1 fully saturated rings. The summed E-state index contributed by atoms with van der Waals surface area (Å²) in [7, 11) is 0. The van der Waals surface area contributed by atoms with E-state index in [2.05, 4.69) is 34.9 Å². The fourth-order valence-electron chi connectivity index (χ4n) is 4.57. The number of benzene rings is 2. The van der Waals surface area contributed by atoms with Gasteiger partial charge in [-0.05, 0) is 54.9 Å². The van der Waals surface area contributed by atoms with Gasteiger partial charge in [-0.2, -0.15) is 0 Å². The molecule has 2 unspecified atom stereocenters. The van der Waals surface area contributed by atoms with Crippen molar-refractivity contribution in [3.05, 3.63) is 59.7 Å². The molecule has 0 heterocycles. The second kappa shape index (κ2) is 8.65. The van der Waals surface area contributed by atoms with Crippen molar-refractivity contribution in [3.63, 3.8) is 0 Å². The van der Waals surface area contributed by atoms with Gasteiger partial charge in [0.05, 0.1) is 5.54 Å². The van der Waals surface area contributed by atoms with E-state index in [9.17, 15) is 14.4 Å². The average molecular weight is 437 g/mol. The highest BCUT2D eigenvalue weighted by molar-refractivity contribution is 5.84. The molecule has 7 heteroatoms. The molecule has 2 aromatic rings. The van der Waals surface area contributed by atoms with Gasteiger partial charge >= 0.3 is 12.1 Å². The SMILES string of the molecule is CC(NC(=O)CC(C)(NC(=O)OCC1c2ccccc2-c2ccccc21)C1CC1)C(=O)O. The number of amides is 2. The number of carbonyl (C=O) groups excluding carboxylic acids is 2. The van der Waals surface area contributed by atoms with Crippen LogP contribution in [0.1, 0.15) is 50.2 Å². The predicted octanol–water partition coefficient (Wildman–Crippen LogP) is 3.67. The van der Waals surface area contributed by atoms with Crippen LogP contribution in [0.25, 0.3) is 11.1 Å². The lowest BCUT2D eigenvalue weighted by Crippen LogP contribution is -2.52. The second-order valence-corrected chi connectivity index (χ2v) is 8.95. The first-order valence-corrected chi connectivity index (χ1v) is 10.9. The molecule has 7 nitrogen and oxygen atoms in total. The van der Waals surface area contributed by atoms with Crippen LogP contribution in [0.3, 0.4) is 0 Å². The molecule has 2 aliphatic rings. The van der Waals surface area contributed by atoms with Gasteiger partial charge in [0.15, 0.2) is 0 Å². The first-order valence-electron chi connectivity index (χ1n) is 10.9. The molecule has 1 saturated carbocycles. The molecule has 168 valence electrons. The molecule has 0 aromatic heterocycles. The Morgan fingerprint density at radius 3 is 2.16 bits per heavy atom. The van der Waals surface area contributed by atoms with E-state index in [1.165, 1.54) is 6.92 Å². The fraction of sp³-hybridized carbons (Fsp3) is 0.400. The Morgan fingerprint density at radius 2 is 1.62 bits per heavy atom. The number of aliphatic carboxylic acids is 1. The van der Waals surface area contributed by atoms with Gasteiger partial charge in [0.25, 0.3) is 0 Å². The minimum Gasteiger partial charge on any atom is -0.480 e. The quantitative estimate of drug-likeness (QED) is 0.586. The summed E-state index contributed by atoms with van der Waals surface area (Å²) < 4.78 is 5.64. The highest BCUT2D eigenvalue weighted by Gasteiger charge is 2.44. The molecule has 2 aromatic carbocycles. The predicted molar refractivity (Wildman–Crippen MR) is 119 cm³/mol. The third kappa shape index (κ3) is 4.47. The van der Waals surface area contributed by atoms with E-state index in [-0.39, 0.29) is 24.9 Å². The van der Waals surface area contributed by atoms with Crippen molar-refractivity contribution in [2.45, 2.75) is 50.6 Å². The summed E-state index contributed by atoms with van der Waals surface area (Å²) in [6.07, 6.45) is 1.24. The van der Waals surface area contributed by atoms with E-state index < -0.39 is 29.6 Å². The van der Waals surface area contributed by atoms with Crippen LogP contribution in [-0.2, 0) is 14.3 Å². The first kappa shape index (κ1) is 21.9. The van der Waals surface area contributed by atoms with E-state index >= 15 is 0 Å². The Labute approximate surface area is 187 Å². The minimum atomic E-state index is -1.10. The topological polar surface area (TPSA) is 105 Å². The van der Waals surface area contributed by atoms with E-state index in [1.807, 2.05) is 31.2 Å². The molecular formula is C25H28N2O5. The van der Waals surface area contributed by atoms with Crippen LogP contribution in [0.15, 0.2) is 48.5 Å². The van der Waals surface area contributed by atoms with Gasteiger partial charge in [0.2, 0.25) is 5.91 Å². The second-order valence-electron chi connectivity index (χ2n) is 8.95. The summed E-state index contributed by atoms with van der Waals surface area (Å²) in [6, 6.07) is 15.3. The number of ether oxygens (including phenoxy) is 1. The number of nitrogens with one attached hydrogen (secondary N) is 2. The maximum absolute atomic E-state index is 12.7. The van der Waals surface area contributed by atoms with Crippen molar-refractivity contribution in [3.8, 4) is 11.1 Å². The van der Waals surface area contributed by atoms with Gasteiger partial charge < -0.3 is 20.5 Å². The van der Waals surface area contributed by atoms with Crippen LogP contribution in [0.4, 0.5) is 4.79 Å². The molecule has 4 rings (SSSR count). The lowest BCUT2D eigenvalue weighted by molar-refractivity contribution is -0.141. The highest BCUT2D eigenvalue weighted by Crippen LogP contribution is 2.45. The van der Waals surface area contributed by atoms with Gasteiger partial charge in [-0.1, -0.05) is 48.5 Å². The van der Waals surface area contributed by atoms with Gasteiger partial charge in [-0.15, -0.1) is 0 Å². The Kier molecular flexibility index (Phi) is 5.91. The van der Waals surface area contributed by atoms with Crippen molar-refractivity contribution in [1.29, 1.82) is 0 Å². The Bertz CT molecular complexity index is 1000. The molecule has 2 atom stereocenters. The Morgan fingerprint density at radius 1 is 1.06 bits per heavy atom. The number of hydrogen-bond acceptors (Lipinski definition) is 4. The summed E-state index contributed by atoms with van der Waals surface area (Å²) in [5.41, 5.74) is 3.79. The molecule has 0 radical (unpaired) electrons. The normalized spacial score (nSPS) is 17.4. The zero-order valence-electron chi connectivity index (χ0n) is 18.3. The van der Waals surface area contributed by atoms with Crippen molar-refractivity contribution >= 4 is 18.0 Å². The zero-order chi connectivity index (χ0) is 22.9. The van der Waals surface area contributed by atoms with E-state index in [0.29, 0.717) is 0 Å². The third-order valence-corrected chi connectivity index (χ3v) is 6.49. The maximum Gasteiger partial charge on any atom is 0.407 e. The molecule has 2 amide bonds. The molecule has 0 bridgehead atoms. The lowest BCUT2D eigenvalue weighted by Gasteiger charge is -2.30.